The molecule has 0 radical (unpaired) electrons. The molecule has 0 saturated heterocycles. The highest BCUT2D eigenvalue weighted by molar-refractivity contribution is 7.46. The van der Waals surface area contributed by atoms with Gasteiger partial charge in [-0.25, -0.2) is 4.57 Å². The minimum absolute atomic E-state index is 0.0605. The molecule has 1 aliphatic heterocycles. The topological polar surface area (TPSA) is 157 Å². The minimum atomic E-state index is -4.53. The molecule has 2 N–H and O–H groups in total. The number of hydrogen-bond donors (Lipinski definition) is 2. The van der Waals surface area contributed by atoms with Crippen LogP contribution in [0.4, 0.5) is 11.4 Å². The van der Waals surface area contributed by atoms with E-state index in [4.69, 9.17) is 9.79 Å². The molecule has 154 valence electrons. The van der Waals surface area contributed by atoms with Gasteiger partial charge >= 0.3 is 13.8 Å². The van der Waals surface area contributed by atoms with Crippen LogP contribution in [-0.4, -0.2) is 46.8 Å². The van der Waals surface area contributed by atoms with Crippen LogP contribution in [0.25, 0.3) is 0 Å². The van der Waals surface area contributed by atoms with Crippen LogP contribution < -0.4 is 4.90 Å². The summed E-state index contributed by atoms with van der Waals surface area (Å²) >= 11 is 0. The molecule has 2 rings (SSSR count). The first-order valence-corrected chi connectivity index (χ1v) is 10.0. The summed E-state index contributed by atoms with van der Waals surface area (Å²) < 4.78 is 19.5. The van der Waals surface area contributed by atoms with Crippen LogP contribution in [0.3, 0.4) is 0 Å². The number of nitrogens with zero attached hydrogens (tertiary/aromatic N) is 2. The number of phosphoric acid groups is 1. The molecule has 0 unspecified atom stereocenters. The Labute approximate surface area is 160 Å². The molecular formula is C16H21N2O9P. The number of esters is 1. The molecule has 0 spiro atoms. The summed E-state index contributed by atoms with van der Waals surface area (Å²) in [5, 5.41) is 11.5. The third kappa shape index (κ3) is 5.83. The molecule has 1 aromatic rings. The highest BCUT2D eigenvalue weighted by Crippen LogP contribution is 2.39. The first-order valence-electron chi connectivity index (χ1n) is 8.50. The van der Waals surface area contributed by atoms with Crippen molar-refractivity contribution >= 4 is 31.1 Å². The summed E-state index contributed by atoms with van der Waals surface area (Å²) in [5.41, 5.74) is 1.05. The zero-order valence-electron chi connectivity index (χ0n) is 15.2. The maximum absolute atomic E-state index is 12.5. The molecule has 28 heavy (non-hydrogen) atoms. The molecule has 0 bridgehead atoms. The fourth-order valence-corrected chi connectivity index (χ4v) is 3.38. The van der Waals surface area contributed by atoms with E-state index in [2.05, 4.69) is 9.26 Å². The van der Waals surface area contributed by atoms with Crippen LogP contribution in [-0.2, 0) is 36.3 Å². The minimum Gasteiger partial charge on any atom is -0.469 e. The number of methoxy groups -OCH3 is 1. The van der Waals surface area contributed by atoms with Crippen LogP contribution in [0.15, 0.2) is 12.1 Å². The summed E-state index contributed by atoms with van der Waals surface area (Å²) in [6, 6.07) is 2.94. The average molecular weight is 417 g/mol. The van der Waals surface area contributed by atoms with E-state index in [9.17, 15) is 24.3 Å². The number of carbonyl (C=O) groups excluding carboxylic acids is 2. The van der Waals surface area contributed by atoms with Crippen molar-refractivity contribution in [3.8, 4) is 0 Å². The number of ether oxygens (including phenoxy) is 1. The standard InChI is InChI=1S/C16H21N2O9P/c1-26-15(20)10-11-8-12-5-6-17(16(12)13(9-11)18(21)22)14(19)4-2-3-7-27-28(23,24)25/h8-9H,2-7,10H2,1H3,(H2,23,24,25)/i18+1. The summed E-state index contributed by atoms with van der Waals surface area (Å²) in [7, 11) is -3.30. The summed E-state index contributed by atoms with van der Waals surface area (Å²) in [6.45, 7) is 0.0981. The fourth-order valence-electron chi connectivity index (χ4n) is 3.01. The molecule has 1 heterocycles. The number of amides is 1. The number of benzene rings is 1. The van der Waals surface area contributed by atoms with Gasteiger partial charge in [-0.3, -0.25) is 24.2 Å². The Balaban J connectivity index is 2.08. The second-order valence-corrected chi connectivity index (χ2v) is 7.45. The first kappa shape index (κ1) is 22.0. The number of hydrogen-bond acceptors (Lipinski definition) is 7. The third-order valence-corrected chi connectivity index (χ3v) is 4.74. The molecule has 0 aliphatic carbocycles. The third-order valence-electron chi connectivity index (χ3n) is 4.22. The number of phosphoric ester groups is 1. The molecule has 12 heteroatoms. The number of rotatable bonds is 9. The van der Waals surface area contributed by atoms with E-state index in [0.717, 1.165) is 0 Å². The maximum atomic E-state index is 12.5. The summed E-state index contributed by atoms with van der Waals surface area (Å²) in [6.07, 6.45) is 0.970. The van der Waals surface area contributed by atoms with Crippen molar-refractivity contribution in [1.29, 1.82) is 0 Å². The molecule has 11 nitrogen and oxygen atoms in total. The first-order chi connectivity index (χ1) is 13.1. The lowest BCUT2D eigenvalue weighted by Gasteiger charge is -2.17. The highest BCUT2D eigenvalue weighted by atomic mass is 31.2. The Morgan fingerprint density at radius 2 is 2.04 bits per heavy atom. The van der Waals surface area contributed by atoms with Crippen molar-refractivity contribution in [3.63, 3.8) is 0 Å². The van der Waals surface area contributed by atoms with E-state index in [0.29, 0.717) is 24.0 Å². The second kappa shape index (κ2) is 9.24. The van der Waals surface area contributed by atoms with Gasteiger partial charge in [-0.2, -0.15) is 0 Å². The SMILES string of the molecule is COC(=O)Cc1cc2c(c([15N+](=O)[O-])c1)N(C(=O)CCCCOP(=O)(O)O)CC2. The number of carbonyl (C=O) groups is 2. The van der Waals surface area contributed by atoms with Gasteiger partial charge in [0.2, 0.25) is 5.91 Å². The Morgan fingerprint density at radius 1 is 1.32 bits per heavy atom. The van der Waals surface area contributed by atoms with E-state index in [1.54, 1.807) is 6.07 Å². The molecule has 1 aromatic carbocycles. The Morgan fingerprint density at radius 3 is 2.64 bits per heavy atom. The van der Waals surface area contributed by atoms with Crippen molar-refractivity contribution in [2.45, 2.75) is 32.1 Å². The highest BCUT2D eigenvalue weighted by Gasteiger charge is 2.33. The van der Waals surface area contributed by atoms with E-state index in [-0.39, 0.29) is 49.7 Å². The lowest BCUT2D eigenvalue weighted by molar-refractivity contribution is -0.384. The van der Waals surface area contributed by atoms with Gasteiger partial charge < -0.3 is 19.4 Å². The van der Waals surface area contributed by atoms with Gasteiger partial charge in [0.15, 0.2) is 0 Å². The van der Waals surface area contributed by atoms with Crippen LogP contribution in [0.1, 0.15) is 30.4 Å². The predicted octanol–water partition coefficient (Wildman–Crippen LogP) is 1.48. The van der Waals surface area contributed by atoms with Crippen LogP contribution in [0.5, 0.6) is 0 Å². The molecule has 0 fully saturated rings. The van der Waals surface area contributed by atoms with Crippen molar-refractivity contribution in [1.82, 2.24) is 0 Å². The largest absolute Gasteiger partial charge is 0.469 e. The molecule has 0 saturated carbocycles. The van der Waals surface area contributed by atoms with Crippen molar-refractivity contribution in [2.24, 2.45) is 0 Å². The van der Waals surface area contributed by atoms with Gasteiger partial charge in [-0.15, -0.1) is 0 Å². The maximum Gasteiger partial charge on any atom is 0.469 e. The zero-order valence-corrected chi connectivity index (χ0v) is 16.1. The average Bonchev–Trinajstić information content (AvgIpc) is 3.03. The molecular weight excluding hydrogens is 396 g/mol. The Bertz CT molecular complexity index is 821. The van der Waals surface area contributed by atoms with E-state index >= 15 is 0 Å². The lowest BCUT2D eigenvalue weighted by atomic mass is 10.0. The number of anilines is 1. The number of unbranched alkanes of at least 4 members (excludes halogenated alkanes) is 1. The van der Waals surface area contributed by atoms with Crippen LogP contribution in [0.2, 0.25) is 0 Å². The normalized spacial score (nSPS) is 13.3. The van der Waals surface area contributed by atoms with E-state index < -0.39 is 18.7 Å². The van der Waals surface area contributed by atoms with Gasteiger partial charge in [-0.1, -0.05) is 6.07 Å². The predicted molar refractivity (Wildman–Crippen MR) is 96.7 cm³/mol. The van der Waals surface area contributed by atoms with Crippen LogP contribution in [0, 0.1) is 10.1 Å². The summed E-state index contributed by atoms with van der Waals surface area (Å²) in [4.78, 5) is 53.4. The molecule has 1 amide bonds. The van der Waals surface area contributed by atoms with Gasteiger partial charge in [0, 0.05) is 19.0 Å². The number of fused-ring (bicyclic) bond motifs is 1. The summed E-state index contributed by atoms with van der Waals surface area (Å²) in [5.74, 6) is -0.837. The van der Waals surface area contributed by atoms with Crippen molar-refractivity contribution in [3.05, 3.63) is 33.4 Å². The monoisotopic (exact) mass is 417 g/mol. The van der Waals surface area contributed by atoms with Gasteiger partial charge in [-0.05, 0) is 30.4 Å². The smallest absolute Gasteiger partial charge is 0.469 e. The zero-order chi connectivity index (χ0) is 20.9. The molecule has 0 atom stereocenters. The van der Waals surface area contributed by atoms with Crippen molar-refractivity contribution in [2.75, 3.05) is 25.2 Å². The van der Waals surface area contributed by atoms with Crippen molar-refractivity contribution < 1.29 is 38.1 Å². The van der Waals surface area contributed by atoms with Crippen LogP contribution >= 0.6 is 7.82 Å². The molecule has 0 aromatic heterocycles. The Hall–Kier alpha value is -2.33. The van der Waals surface area contributed by atoms with Gasteiger partial charge in [0.05, 0.1) is 25.1 Å². The number of nitro groups is 1. The fraction of sp³-hybridized carbons (Fsp3) is 0.500. The second-order valence-electron chi connectivity index (χ2n) is 6.21. The van der Waals surface area contributed by atoms with Gasteiger partial charge in [0.25, 0.3) is 5.69 Å². The quantitative estimate of drug-likeness (QED) is 0.152. The van der Waals surface area contributed by atoms with E-state index in [1.165, 1.54) is 18.1 Å². The Kier molecular flexibility index (Phi) is 7.25. The number of nitro benzene ring substituents is 1. The van der Waals surface area contributed by atoms with Gasteiger partial charge in [0.1, 0.15) is 5.69 Å². The molecule has 1 aliphatic rings. The lowest BCUT2D eigenvalue weighted by Crippen LogP contribution is -2.29. The van der Waals surface area contributed by atoms with E-state index in [1.807, 2.05) is 0 Å².